The molecule has 0 heteroatoms. The van der Waals surface area contributed by atoms with Crippen molar-refractivity contribution in [1.29, 1.82) is 0 Å². The number of rotatable bonds is 4. The SMILES string of the molecule is c1cc(-c2cccc3ccccc23)cc(-c2c(-c3ccc4ccccc4c3)c3ccccc3c3ccc(-c4ccc5ccccc5c4)cc23)c1. The summed E-state index contributed by atoms with van der Waals surface area (Å²) in [4.78, 5) is 0. The molecule has 0 amide bonds. The summed E-state index contributed by atoms with van der Waals surface area (Å²) < 4.78 is 0. The molecule has 0 atom stereocenters. The third kappa shape index (κ3) is 4.69. The van der Waals surface area contributed by atoms with E-state index in [1.165, 1.54) is 98.4 Å². The molecule has 0 aliphatic rings. The summed E-state index contributed by atoms with van der Waals surface area (Å²) in [7, 11) is 0. The lowest BCUT2D eigenvalue weighted by Gasteiger charge is -2.20. The van der Waals surface area contributed by atoms with Crippen molar-refractivity contribution in [1.82, 2.24) is 0 Å². The first kappa shape index (κ1) is 28.5. The van der Waals surface area contributed by atoms with Crippen molar-refractivity contribution in [2.75, 3.05) is 0 Å². The lowest BCUT2D eigenvalue weighted by atomic mass is 9.83. The lowest BCUT2D eigenvalue weighted by Crippen LogP contribution is -1.93. The molecule has 0 bridgehead atoms. The molecule has 0 unspecified atom stereocenters. The summed E-state index contributed by atoms with van der Waals surface area (Å²) in [6.07, 6.45) is 0. The van der Waals surface area contributed by atoms with Gasteiger partial charge in [-0.05, 0) is 123 Å². The Kier molecular flexibility index (Phi) is 6.60. The van der Waals surface area contributed by atoms with Crippen LogP contribution in [-0.2, 0) is 0 Å². The van der Waals surface area contributed by atoms with Crippen molar-refractivity contribution in [3.05, 3.63) is 194 Å². The molecule has 0 saturated heterocycles. The number of benzene rings is 10. The van der Waals surface area contributed by atoms with Crippen LogP contribution in [0.15, 0.2) is 194 Å². The Bertz CT molecular complexity index is 2920. The fourth-order valence-electron chi connectivity index (χ4n) is 8.00. The lowest BCUT2D eigenvalue weighted by molar-refractivity contribution is 1.62. The molecule has 0 radical (unpaired) electrons. The summed E-state index contributed by atoms with van der Waals surface area (Å²) in [5, 5.41) is 12.6. The second kappa shape index (κ2) is 11.6. The van der Waals surface area contributed by atoms with Crippen LogP contribution in [0.5, 0.6) is 0 Å². The average Bonchev–Trinajstić information content (AvgIpc) is 3.19. The van der Waals surface area contributed by atoms with E-state index in [4.69, 9.17) is 0 Å². The highest BCUT2D eigenvalue weighted by atomic mass is 14.2. The molecule has 0 fully saturated rings. The van der Waals surface area contributed by atoms with Crippen LogP contribution in [0.2, 0.25) is 0 Å². The Morgan fingerprint density at radius 2 is 0.680 bits per heavy atom. The zero-order chi connectivity index (χ0) is 33.0. The van der Waals surface area contributed by atoms with Gasteiger partial charge in [-0.15, -0.1) is 0 Å². The molecule has 0 N–H and O–H groups in total. The van der Waals surface area contributed by atoms with Gasteiger partial charge in [0, 0.05) is 0 Å². The van der Waals surface area contributed by atoms with Crippen molar-refractivity contribution in [2.24, 2.45) is 0 Å². The molecule has 0 saturated carbocycles. The summed E-state index contributed by atoms with van der Waals surface area (Å²) in [5.41, 5.74) is 9.88. The topological polar surface area (TPSA) is 0 Å². The minimum Gasteiger partial charge on any atom is -0.0616 e. The maximum absolute atomic E-state index is 2.43. The monoisotopic (exact) mass is 632 g/mol. The Morgan fingerprint density at radius 3 is 1.46 bits per heavy atom. The van der Waals surface area contributed by atoms with Gasteiger partial charge >= 0.3 is 0 Å². The van der Waals surface area contributed by atoms with Crippen LogP contribution in [0, 0.1) is 0 Å². The molecule has 0 spiro atoms. The summed E-state index contributed by atoms with van der Waals surface area (Å²) in [6, 6.07) is 71.5. The Hall–Kier alpha value is -6.50. The summed E-state index contributed by atoms with van der Waals surface area (Å²) >= 11 is 0. The van der Waals surface area contributed by atoms with Gasteiger partial charge < -0.3 is 0 Å². The van der Waals surface area contributed by atoms with E-state index in [1.54, 1.807) is 0 Å². The Labute approximate surface area is 291 Å². The zero-order valence-corrected chi connectivity index (χ0v) is 27.5. The van der Waals surface area contributed by atoms with Crippen molar-refractivity contribution >= 4 is 53.9 Å². The molecule has 10 rings (SSSR count). The van der Waals surface area contributed by atoms with Crippen LogP contribution < -0.4 is 0 Å². The van der Waals surface area contributed by atoms with Crippen LogP contribution in [-0.4, -0.2) is 0 Å². The van der Waals surface area contributed by atoms with Crippen LogP contribution in [0.3, 0.4) is 0 Å². The molecule has 0 aliphatic carbocycles. The van der Waals surface area contributed by atoms with E-state index in [0.717, 1.165) is 0 Å². The van der Waals surface area contributed by atoms with Gasteiger partial charge in [0.1, 0.15) is 0 Å². The highest BCUT2D eigenvalue weighted by Crippen LogP contribution is 2.47. The zero-order valence-electron chi connectivity index (χ0n) is 27.5. The molecule has 0 aromatic heterocycles. The minimum atomic E-state index is 1.21. The quantitative estimate of drug-likeness (QED) is 0.169. The first-order valence-corrected chi connectivity index (χ1v) is 17.3. The van der Waals surface area contributed by atoms with E-state index in [9.17, 15) is 0 Å². The van der Waals surface area contributed by atoms with Gasteiger partial charge in [0.2, 0.25) is 0 Å². The molecular formula is C50H32. The molecule has 0 nitrogen and oxygen atoms in total. The summed E-state index contributed by atoms with van der Waals surface area (Å²) in [5.74, 6) is 0. The average molecular weight is 633 g/mol. The second-order valence-corrected chi connectivity index (χ2v) is 13.3. The predicted octanol–water partition coefficient (Wildman–Crippen LogP) is 14.1. The molecule has 0 aliphatic heterocycles. The number of hydrogen-bond donors (Lipinski definition) is 0. The second-order valence-electron chi connectivity index (χ2n) is 13.3. The van der Waals surface area contributed by atoms with Crippen LogP contribution in [0.1, 0.15) is 0 Å². The van der Waals surface area contributed by atoms with Crippen LogP contribution in [0.25, 0.3) is 98.4 Å². The van der Waals surface area contributed by atoms with Crippen LogP contribution >= 0.6 is 0 Å². The smallest absolute Gasteiger partial charge is 0.00199 e. The van der Waals surface area contributed by atoms with Crippen molar-refractivity contribution in [2.45, 2.75) is 0 Å². The van der Waals surface area contributed by atoms with Crippen molar-refractivity contribution < 1.29 is 0 Å². The van der Waals surface area contributed by atoms with E-state index in [2.05, 4.69) is 194 Å². The fourth-order valence-corrected chi connectivity index (χ4v) is 8.00. The van der Waals surface area contributed by atoms with Gasteiger partial charge in [-0.25, -0.2) is 0 Å². The van der Waals surface area contributed by atoms with Gasteiger partial charge in [-0.1, -0.05) is 170 Å². The van der Waals surface area contributed by atoms with Gasteiger partial charge in [-0.2, -0.15) is 0 Å². The largest absolute Gasteiger partial charge is 0.0616 e. The molecule has 50 heavy (non-hydrogen) atoms. The maximum atomic E-state index is 2.43. The predicted molar refractivity (Wildman–Crippen MR) is 216 cm³/mol. The van der Waals surface area contributed by atoms with Gasteiger partial charge in [0.25, 0.3) is 0 Å². The van der Waals surface area contributed by atoms with Gasteiger partial charge in [0.05, 0.1) is 0 Å². The molecule has 232 valence electrons. The van der Waals surface area contributed by atoms with Crippen molar-refractivity contribution in [3.8, 4) is 44.5 Å². The number of hydrogen-bond acceptors (Lipinski definition) is 0. The Balaban J connectivity index is 1.31. The van der Waals surface area contributed by atoms with E-state index in [-0.39, 0.29) is 0 Å². The van der Waals surface area contributed by atoms with E-state index >= 15 is 0 Å². The Morgan fingerprint density at radius 1 is 0.200 bits per heavy atom. The van der Waals surface area contributed by atoms with Gasteiger partial charge in [0.15, 0.2) is 0 Å². The fraction of sp³-hybridized carbons (Fsp3) is 0. The molecule has 10 aromatic carbocycles. The molecule has 0 heterocycles. The minimum absolute atomic E-state index is 1.21. The highest BCUT2D eigenvalue weighted by Gasteiger charge is 2.19. The maximum Gasteiger partial charge on any atom is -0.00199 e. The van der Waals surface area contributed by atoms with E-state index in [1.807, 2.05) is 0 Å². The van der Waals surface area contributed by atoms with Gasteiger partial charge in [-0.3, -0.25) is 0 Å². The van der Waals surface area contributed by atoms with Crippen molar-refractivity contribution in [3.63, 3.8) is 0 Å². The first-order valence-electron chi connectivity index (χ1n) is 17.3. The van der Waals surface area contributed by atoms with Crippen LogP contribution in [0.4, 0.5) is 0 Å². The number of fused-ring (bicyclic) bond motifs is 6. The third-order valence-electron chi connectivity index (χ3n) is 10.4. The third-order valence-corrected chi connectivity index (χ3v) is 10.4. The van der Waals surface area contributed by atoms with E-state index in [0.29, 0.717) is 0 Å². The standard InChI is InChI=1S/C50H32/c1-3-14-36-29-38(25-23-33(36)11-1)39-27-28-46-45-20-7-8-21-47(45)49(42-26-24-34-12-2-4-15-37(34)30-42)50(48(46)32-39)41-18-9-17-40(31-41)44-22-10-16-35-13-5-6-19-43(35)44/h1-32H. The molecule has 10 aromatic rings. The molecular weight excluding hydrogens is 601 g/mol. The van der Waals surface area contributed by atoms with E-state index < -0.39 is 0 Å². The normalized spacial score (nSPS) is 11.6. The highest BCUT2D eigenvalue weighted by molar-refractivity contribution is 6.22. The summed E-state index contributed by atoms with van der Waals surface area (Å²) in [6.45, 7) is 0. The first-order chi connectivity index (χ1) is 24.8.